The highest BCUT2D eigenvalue weighted by Gasteiger charge is 2.37. The largest absolute Gasteiger partial charge is 0.337 e. The fourth-order valence-corrected chi connectivity index (χ4v) is 5.56. The van der Waals surface area contributed by atoms with Gasteiger partial charge in [0.1, 0.15) is 0 Å². The standard InChI is InChI=1S/C20H25ClN4O3S/c1-15-5-4-7-18(14-24-20(26)23-13-17-6-2-3-12-22-17)25(15)29(27,28)19-10-8-16(21)9-11-19/h2-3,6,8-12,15,18H,4-5,7,13-14H2,1H3,(H2,23,24,26)/t15-,18-/m1/s1. The van der Waals surface area contributed by atoms with E-state index < -0.39 is 10.0 Å². The zero-order chi connectivity index (χ0) is 20.9. The molecule has 0 spiro atoms. The van der Waals surface area contributed by atoms with E-state index in [0.29, 0.717) is 18.0 Å². The summed E-state index contributed by atoms with van der Waals surface area (Å²) < 4.78 is 28.0. The fraction of sp³-hybridized carbons (Fsp3) is 0.400. The van der Waals surface area contributed by atoms with Crippen molar-refractivity contribution in [1.82, 2.24) is 19.9 Å². The second-order valence-corrected chi connectivity index (χ2v) is 9.39. The van der Waals surface area contributed by atoms with Crippen molar-refractivity contribution >= 4 is 27.7 Å². The molecule has 0 bridgehead atoms. The molecule has 1 aromatic heterocycles. The Labute approximate surface area is 176 Å². The van der Waals surface area contributed by atoms with Crippen molar-refractivity contribution in [3.05, 3.63) is 59.4 Å². The van der Waals surface area contributed by atoms with E-state index in [9.17, 15) is 13.2 Å². The molecule has 1 aliphatic rings. The van der Waals surface area contributed by atoms with Gasteiger partial charge in [-0.1, -0.05) is 24.1 Å². The number of rotatable bonds is 6. The number of benzene rings is 1. The third-order valence-corrected chi connectivity index (χ3v) is 7.33. The number of nitrogens with one attached hydrogen (secondary N) is 2. The number of nitrogens with zero attached hydrogens (tertiary/aromatic N) is 2. The van der Waals surface area contributed by atoms with Gasteiger partial charge in [0, 0.05) is 29.8 Å². The van der Waals surface area contributed by atoms with Gasteiger partial charge >= 0.3 is 6.03 Å². The van der Waals surface area contributed by atoms with E-state index in [0.717, 1.165) is 18.5 Å². The summed E-state index contributed by atoms with van der Waals surface area (Å²) in [7, 11) is -3.69. The van der Waals surface area contributed by atoms with E-state index in [-0.39, 0.29) is 29.6 Å². The van der Waals surface area contributed by atoms with Crippen LogP contribution in [0.1, 0.15) is 31.9 Å². The summed E-state index contributed by atoms with van der Waals surface area (Å²) in [5.74, 6) is 0. The number of carbonyl (C=O) groups excluding carboxylic acids is 1. The Morgan fingerprint density at radius 2 is 1.93 bits per heavy atom. The number of amides is 2. The molecule has 2 amide bonds. The smallest absolute Gasteiger partial charge is 0.315 e. The van der Waals surface area contributed by atoms with Crippen molar-refractivity contribution in [2.75, 3.05) is 6.54 Å². The van der Waals surface area contributed by atoms with E-state index >= 15 is 0 Å². The number of carbonyl (C=O) groups is 1. The minimum Gasteiger partial charge on any atom is -0.337 e. The molecule has 1 saturated heterocycles. The quantitative estimate of drug-likeness (QED) is 0.727. The van der Waals surface area contributed by atoms with E-state index in [2.05, 4.69) is 15.6 Å². The van der Waals surface area contributed by atoms with E-state index in [4.69, 9.17) is 11.6 Å². The molecule has 7 nitrogen and oxygen atoms in total. The molecule has 0 saturated carbocycles. The van der Waals surface area contributed by atoms with Crippen LogP contribution in [0.15, 0.2) is 53.6 Å². The first-order valence-corrected chi connectivity index (χ1v) is 11.4. The predicted octanol–water partition coefficient (Wildman–Crippen LogP) is 3.17. The van der Waals surface area contributed by atoms with Gasteiger partial charge < -0.3 is 10.6 Å². The third kappa shape index (κ3) is 5.46. The first-order chi connectivity index (χ1) is 13.9. The minimum atomic E-state index is -3.69. The van der Waals surface area contributed by atoms with Gasteiger partial charge in [-0.05, 0) is 56.2 Å². The topological polar surface area (TPSA) is 91.4 Å². The number of hydrogen-bond acceptors (Lipinski definition) is 4. The van der Waals surface area contributed by atoms with Crippen LogP contribution in [0, 0.1) is 0 Å². The van der Waals surface area contributed by atoms with Crippen molar-refractivity contribution in [2.24, 2.45) is 0 Å². The highest BCUT2D eigenvalue weighted by Crippen LogP contribution is 2.30. The number of piperidine rings is 1. The summed E-state index contributed by atoms with van der Waals surface area (Å²) >= 11 is 5.90. The molecule has 1 aromatic carbocycles. The summed E-state index contributed by atoms with van der Waals surface area (Å²) in [5, 5.41) is 6.03. The summed E-state index contributed by atoms with van der Waals surface area (Å²) in [6.45, 7) is 2.45. The van der Waals surface area contributed by atoms with Gasteiger partial charge in [-0.3, -0.25) is 4.98 Å². The SMILES string of the molecule is C[C@@H]1CCC[C@H](CNC(=O)NCc2ccccn2)N1S(=O)(=O)c1ccc(Cl)cc1. The first-order valence-electron chi connectivity index (χ1n) is 9.58. The average Bonchev–Trinajstić information content (AvgIpc) is 2.71. The molecule has 0 radical (unpaired) electrons. The number of sulfonamides is 1. The Bertz CT molecular complexity index is 923. The molecule has 2 aromatic rings. The summed E-state index contributed by atoms with van der Waals surface area (Å²) in [5.41, 5.74) is 0.751. The maximum Gasteiger partial charge on any atom is 0.315 e. The molecule has 2 atom stereocenters. The van der Waals surface area contributed by atoms with Gasteiger partial charge in [0.25, 0.3) is 0 Å². The Morgan fingerprint density at radius 1 is 1.17 bits per heavy atom. The van der Waals surface area contributed by atoms with Crippen LogP contribution in [0.25, 0.3) is 0 Å². The van der Waals surface area contributed by atoms with Gasteiger partial charge in [-0.25, -0.2) is 13.2 Å². The number of pyridine rings is 1. The molecule has 29 heavy (non-hydrogen) atoms. The van der Waals surface area contributed by atoms with Crippen molar-refractivity contribution in [1.29, 1.82) is 0 Å². The number of halogens is 1. The minimum absolute atomic E-state index is 0.146. The van der Waals surface area contributed by atoms with Gasteiger partial charge in [0.15, 0.2) is 0 Å². The van der Waals surface area contributed by atoms with Crippen LogP contribution >= 0.6 is 11.6 Å². The molecular formula is C20H25ClN4O3S. The maximum absolute atomic E-state index is 13.2. The molecule has 156 valence electrons. The highest BCUT2D eigenvalue weighted by atomic mass is 35.5. The van der Waals surface area contributed by atoms with Gasteiger partial charge in [-0.2, -0.15) is 4.31 Å². The molecule has 1 fully saturated rings. The molecule has 3 rings (SSSR count). The van der Waals surface area contributed by atoms with Crippen LogP contribution in [-0.2, 0) is 16.6 Å². The lowest BCUT2D eigenvalue weighted by atomic mass is 9.99. The fourth-order valence-electron chi connectivity index (χ4n) is 3.56. The number of aromatic nitrogens is 1. The zero-order valence-corrected chi connectivity index (χ0v) is 17.8. The maximum atomic E-state index is 13.2. The molecule has 2 heterocycles. The van der Waals surface area contributed by atoms with E-state index in [1.807, 2.05) is 25.1 Å². The second-order valence-electron chi connectivity index (χ2n) is 7.11. The number of hydrogen-bond donors (Lipinski definition) is 2. The third-order valence-electron chi connectivity index (χ3n) is 5.00. The van der Waals surface area contributed by atoms with Crippen LogP contribution in [0.2, 0.25) is 5.02 Å². The predicted molar refractivity (Wildman–Crippen MR) is 112 cm³/mol. The zero-order valence-electron chi connectivity index (χ0n) is 16.2. The van der Waals surface area contributed by atoms with Crippen molar-refractivity contribution < 1.29 is 13.2 Å². The van der Waals surface area contributed by atoms with Crippen molar-refractivity contribution in [3.8, 4) is 0 Å². The van der Waals surface area contributed by atoms with Crippen molar-refractivity contribution in [3.63, 3.8) is 0 Å². The molecule has 0 aliphatic carbocycles. The van der Waals surface area contributed by atoms with Gasteiger partial charge in [0.2, 0.25) is 10.0 Å². The Kier molecular flexibility index (Phi) is 7.10. The summed E-state index contributed by atoms with van der Waals surface area (Å²) in [6, 6.07) is 10.9. The lowest BCUT2D eigenvalue weighted by Gasteiger charge is -2.39. The Hall–Kier alpha value is -2.16. The van der Waals surface area contributed by atoms with Crippen LogP contribution < -0.4 is 10.6 Å². The normalized spacial score (nSPS) is 20.2. The second kappa shape index (κ2) is 9.56. The average molecular weight is 437 g/mol. The molecule has 1 aliphatic heterocycles. The van der Waals surface area contributed by atoms with E-state index in [1.165, 1.54) is 16.4 Å². The molecule has 9 heteroatoms. The Morgan fingerprint density at radius 3 is 2.62 bits per heavy atom. The summed E-state index contributed by atoms with van der Waals surface area (Å²) in [4.78, 5) is 16.5. The van der Waals surface area contributed by atoms with Crippen LogP contribution in [0.3, 0.4) is 0 Å². The lowest BCUT2D eigenvalue weighted by Crippen LogP contribution is -2.53. The highest BCUT2D eigenvalue weighted by molar-refractivity contribution is 7.89. The van der Waals surface area contributed by atoms with Gasteiger partial charge in [0.05, 0.1) is 17.1 Å². The monoisotopic (exact) mass is 436 g/mol. The number of urea groups is 1. The lowest BCUT2D eigenvalue weighted by molar-refractivity contribution is 0.185. The van der Waals surface area contributed by atoms with Crippen LogP contribution in [-0.4, -0.2) is 42.4 Å². The van der Waals surface area contributed by atoms with Crippen LogP contribution in [0.5, 0.6) is 0 Å². The molecule has 0 unspecified atom stereocenters. The van der Waals surface area contributed by atoms with Gasteiger partial charge in [-0.15, -0.1) is 0 Å². The first kappa shape index (κ1) is 21.5. The molecular weight excluding hydrogens is 412 g/mol. The molecule has 2 N–H and O–H groups in total. The summed E-state index contributed by atoms with van der Waals surface area (Å²) in [6.07, 6.45) is 4.06. The Balaban J connectivity index is 1.65. The van der Waals surface area contributed by atoms with E-state index in [1.54, 1.807) is 18.3 Å². The van der Waals surface area contributed by atoms with Crippen molar-refractivity contribution in [2.45, 2.75) is 49.7 Å². The van der Waals surface area contributed by atoms with Crippen LogP contribution in [0.4, 0.5) is 4.79 Å².